The molecule has 0 bridgehead atoms. The number of carbonyl (C=O) groups excluding carboxylic acids is 1. The van der Waals surface area contributed by atoms with Crippen molar-refractivity contribution in [2.75, 3.05) is 6.54 Å². The van der Waals surface area contributed by atoms with Gasteiger partial charge < -0.3 is 10.1 Å². The molecule has 126 valence electrons. The number of hydrogen-bond acceptors (Lipinski definition) is 2. The predicted molar refractivity (Wildman–Crippen MR) is 96.1 cm³/mol. The summed E-state index contributed by atoms with van der Waals surface area (Å²) in [4.78, 5) is 12.3. The summed E-state index contributed by atoms with van der Waals surface area (Å²) in [5.41, 5.74) is 1.78. The standard InChI is InChI=1S/C21H25NO2/c23-21(22-15-17-8-3-1-4-9-17)19-12-7-13-20(14-19)24-16-18-10-5-2-6-11-18/h2,5-7,10-14,17H,1,3-4,8-9,15-16H2,(H,22,23). The van der Waals surface area contributed by atoms with Crippen molar-refractivity contribution < 1.29 is 9.53 Å². The van der Waals surface area contributed by atoms with E-state index < -0.39 is 0 Å². The monoisotopic (exact) mass is 323 g/mol. The lowest BCUT2D eigenvalue weighted by molar-refractivity contribution is 0.0943. The Kier molecular flexibility index (Phi) is 5.89. The molecule has 3 rings (SSSR count). The van der Waals surface area contributed by atoms with Crippen molar-refractivity contribution in [3.05, 3.63) is 65.7 Å². The summed E-state index contributed by atoms with van der Waals surface area (Å²) in [5.74, 6) is 1.36. The van der Waals surface area contributed by atoms with Crippen LogP contribution in [0.25, 0.3) is 0 Å². The number of ether oxygens (including phenoxy) is 1. The Hall–Kier alpha value is -2.29. The highest BCUT2D eigenvalue weighted by Crippen LogP contribution is 2.23. The third-order valence-electron chi connectivity index (χ3n) is 4.62. The first-order valence-corrected chi connectivity index (χ1v) is 8.86. The first-order valence-electron chi connectivity index (χ1n) is 8.86. The summed E-state index contributed by atoms with van der Waals surface area (Å²) in [6, 6.07) is 17.4. The molecule has 0 unspecified atom stereocenters. The quantitative estimate of drug-likeness (QED) is 0.845. The van der Waals surface area contributed by atoms with Crippen LogP contribution in [0.5, 0.6) is 5.75 Å². The van der Waals surface area contributed by atoms with E-state index in [9.17, 15) is 4.79 Å². The molecule has 3 heteroatoms. The lowest BCUT2D eigenvalue weighted by Crippen LogP contribution is -2.30. The zero-order valence-electron chi connectivity index (χ0n) is 14.0. The molecule has 0 aromatic heterocycles. The smallest absolute Gasteiger partial charge is 0.251 e. The van der Waals surface area contributed by atoms with E-state index >= 15 is 0 Å². The number of rotatable bonds is 6. The molecule has 2 aromatic carbocycles. The molecular weight excluding hydrogens is 298 g/mol. The Labute approximate surface area is 144 Å². The van der Waals surface area contributed by atoms with Gasteiger partial charge in [0.05, 0.1) is 0 Å². The topological polar surface area (TPSA) is 38.3 Å². The third kappa shape index (κ3) is 4.85. The van der Waals surface area contributed by atoms with Gasteiger partial charge in [-0.1, -0.05) is 55.7 Å². The van der Waals surface area contributed by atoms with Crippen molar-refractivity contribution >= 4 is 5.91 Å². The summed E-state index contributed by atoms with van der Waals surface area (Å²) < 4.78 is 5.80. The second-order valence-corrected chi connectivity index (χ2v) is 6.52. The van der Waals surface area contributed by atoms with Gasteiger partial charge in [0, 0.05) is 12.1 Å². The predicted octanol–water partition coefficient (Wildman–Crippen LogP) is 4.58. The van der Waals surface area contributed by atoms with E-state index in [4.69, 9.17) is 4.74 Å². The van der Waals surface area contributed by atoms with E-state index in [0.29, 0.717) is 18.1 Å². The molecule has 1 fully saturated rings. The van der Waals surface area contributed by atoms with Gasteiger partial charge in [-0.15, -0.1) is 0 Å². The molecule has 0 atom stereocenters. The van der Waals surface area contributed by atoms with E-state index in [0.717, 1.165) is 17.9 Å². The fourth-order valence-electron chi connectivity index (χ4n) is 3.20. The summed E-state index contributed by atoms with van der Waals surface area (Å²) in [7, 11) is 0. The van der Waals surface area contributed by atoms with Crippen LogP contribution in [0.15, 0.2) is 54.6 Å². The molecule has 1 amide bonds. The van der Waals surface area contributed by atoms with Crippen LogP contribution in [0.3, 0.4) is 0 Å². The van der Waals surface area contributed by atoms with Gasteiger partial charge in [-0.2, -0.15) is 0 Å². The SMILES string of the molecule is O=C(NCC1CCCCC1)c1cccc(OCc2ccccc2)c1. The van der Waals surface area contributed by atoms with Gasteiger partial charge >= 0.3 is 0 Å². The highest BCUT2D eigenvalue weighted by Gasteiger charge is 2.15. The first-order chi connectivity index (χ1) is 11.8. The zero-order valence-corrected chi connectivity index (χ0v) is 14.0. The molecule has 1 saturated carbocycles. The van der Waals surface area contributed by atoms with Crippen molar-refractivity contribution in [1.82, 2.24) is 5.32 Å². The average molecular weight is 323 g/mol. The van der Waals surface area contributed by atoms with Crippen molar-refractivity contribution in [1.29, 1.82) is 0 Å². The summed E-state index contributed by atoms with van der Waals surface area (Å²) >= 11 is 0. The van der Waals surface area contributed by atoms with Crippen LogP contribution in [-0.2, 0) is 6.61 Å². The van der Waals surface area contributed by atoms with Gasteiger partial charge in [0.25, 0.3) is 5.91 Å². The number of nitrogens with one attached hydrogen (secondary N) is 1. The van der Waals surface area contributed by atoms with Crippen molar-refractivity contribution in [2.45, 2.75) is 38.7 Å². The minimum Gasteiger partial charge on any atom is -0.489 e. The van der Waals surface area contributed by atoms with Gasteiger partial charge in [-0.3, -0.25) is 4.79 Å². The van der Waals surface area contributed by atoms with Crippen LogP contribution in [0.1, 0.15) is 48.0 Å². The maximum atomic E-state index is 12.3. The number of carbonyl (C=O) groups is 1. The van der Waals surface area contributed by atoms with Crippen molar-refractivity contribution in [2.24, 2.45) is 5.92 Å². The number of hydrogen-bond donors (Lipinski definition) is 1. The molecule has 2 aromatic rings. The Balaban J connectivity index is 1.52. The van der Waals surface area contributed by atoms with Gasteiger partial charge in [0.1, 0.15) is 12.4 Å². The van der Waals surface area contributed by atoms with E-state index in [2.05, 4.69) is 5.32 Å². The molecule has 24 heavy (non-hydrogen) atoms. The summed E-state index contributed by atoms with van der Waals surface area (Å²) in [5, 5.41) is 3.08. The van der Waals surface area contributed by atoms with Crippen LogP contribution >= 0.6 is 0 Å². The average Bonchev–Trinajstić information content (AvgIpc) is 2.66. The normalized spacial score (nSPS) is 15.0. The molecule has 1 aliphatic rings. The lowest BCUT2D eigenvalue weighted by atomic mass is 9.89. The zero-order chi connectivity index (χ0) is 16.6. The molecule has 0 saturated heterocycles. The van der Waals surface area contributed by atoms with Crippen LogP contribution < -0.4 is 10.1 Å². The van der Waals surface area contributed by atoms with Gasteiger partial charge in [0.15, 0.2) is 0 Å². The Morgan fingerprint density at radius 2 is 1.79 bits per heavy atom. The lowest BCUT2D eigenvalue weighted by Gasteiger charge is -2.21. The fourth-order valence-corrected chi connectivity index (χ4v) is 3.20. The van der Waals surface area contributed by atoms with Crippen molar-refractivity contribution in [3.63, 3.8) is 0 Å². The molecule has 1 N–H and O–H groups in total. The van der Waals surface area contributed by atoms with Crippen LogP contribution in [0, 0.1) is 5.92 Å². The second-order valence-electron chi connectivity index (χ2n) is 6.52. The van der Waals surface area contributed by atoms with Gasteiger partial charge in [-0.25, -0.2) is 0 Å². The molecule has 3 nitrogen and oxygen atoms in total. The second kappa shape index (κ2) is 8.53. The number of amides is 1. The highest BCUT2D eigenvalue weighted by atomic mass is 16.5. The maximum Gasteiger partial charge on any atom is 0.251 e. The maximum absolute atomic E-state index is 12.3. The third-order valence-corrected chi connectivity index (χ3v) is 4.62. The van der Waals surface area contributed by atoms with Crippen molar-refractivity contribution in [3.8, 4) is 5.75 Å². The van der Waals surface area contributed by atoms with Gasteiger partial charge in [-0.05, 0) is 42.5 Å². The van der Waals surface area contributed by atoms with E-state index in [1.807, 2.05) is 54.6 Å². The summed E-state index contributed by atoms with van der Waals surface area (Å²) in [6.45, 7) is 1.29. The molecule has 0 radical (unpaired) electrons. The molecular formula is C21H25NO2. The Morgan fingerprint density at radius 3 is 2.58 bits per heavy atom. The minimum absolute atomic E-state index is 0.00858. The van der Waals surface area contributed by atoms with E-state index in [1.54, 1.807) is 0 Å². The molecule has 0 heterocycles. The van der Waals surface area contributed by atoms with Crippen LogP contribution in [0.2, 0.25) is 0 Å². The van der Waals surface area contributed by atoms with E-state index in [-0.39, 0.29) is 5.91 Å². The van der Waals surface area contributed by atoms with E-state index in [1.165, 1.54) is 32.1 Å². The van der Waals surface area contributed by atoms with Gasteiger partial charge in [0.2, 0.25) is 0 Å². The first kappa shape index (κ1) is 16.6. The Morgan fingerprint density at radius 1 is 1.00 bits per heavy atom. The largest absolute Gasteiger partial charge is 0.489 e. The Bertz CT molecular complexity index is 648. The molecule has 1 aliphatic carbocycles. The van der Waals surface area contributed by atoms with Crippen LogP contribution in [-0.4, -0.2) is 12.5 Å². The highest BCUT2D eigenvalue weighted by molar-refractivity contribution is 5.94. The molecule has 0 spiro atoms. The number of benzene rings is 2. The summed E-state index contributed by atoms with van der Waals surface area (Å²) in [6.07, 6.45) is 6.40. The van der Waals surface area contributed by atoms with Crippen LogP contribution in [0.4, 0.5) is 0 Å². The minimum atomic E-state index is -0.00858. The molecule has 0 aliphatic heterocycles. The fraction of sp³-hybridized carbons (Fsp3) is 0.381.